The van der Waals surface area contributed by atoms with Gasteiger partial charge in [0.15, 0.2) is 0 Å². The van der Waals surface area contributed by atoms with Gasteiger partial charge in [-0.3, -0.25) is 20.1 Å². The Bertz CT molecular complexity index is 1210. The van der Waals surface area contributed by atoms with E-state index in [1.807, 2.05) is 48.7 Å². The van der Waals surface area contributed by atoms with Gasteiger partial charge in [-0.15, -0.1) is 0 Å². The van der Waals surface area contributed by atoms with Crippen molar-refractivity contribution in [3.63, 3.8) is 0 Å². The minimum absolute atomic E-state index is 0.0541. The summed E-state index contributed by atoms with van der Waals surface area (Å²) in [7, 11) is 0. The van der Waals surface area contributed by atoms with Crippen LogP contribution in [0, 0.1) is 10.1 Å². The Morgan fingerprint density at radius 1 is 0.903 bits per heavy atom. The van der Waals surface area contributed by atoms with Gasteiger partial charge in [-0.2, -0.15) is 0 Å². The molecule has 0 saturated carbocycles. The fourth-order valence-electron chi connectivity index (χ4n) is 3.45. The molecule has 0 bridgehead atoms. The molecule has 0 radical (unpaired) electrons. The fourth-order valence-corrected chi connectivity index (χ4v) is 3.45. The van der Waals surface area contributed by atoms with Crippen molar-refractivity contribution >= 4 is 11.6 Å². The van der Waals surface area contributed by atoms with Crippen molar-refractivity contribution in [2.24, 2.45) is 0 Å². The van der Waals surface area contributed by atoms with Crippen LogP contribution in [0.2, 0.25) is 0 Å². The van der Waals surface area contributed by atoms with E-state index in [-0.39, 0.29) is 5.69 Å². The van der Waals surface area contributed by atoms with E-state index in [1.165, 1.54) is 12.1 Å². The third-order valence-electron chi connectivity index (χ3n) is 5.05. The predicted octanol–water partition coefficient (Wildman–Crippen LogP) is 4.90. The van der Waals surface area contributed by atoms with Crippen LogP contribution in [0.4, 0.5) is 5.69 Å². The Kier molecular flexibility index (Phi) is 5.59. The summed E-state index contributed by atoms with van der Waals surface area (Å²) in [4.78, 5) is 22.1. The number of nitro groups is 1. The van der Waals surface area contributed by atoms with Crippen LogP contribution in [0.1, 0.15) is 15.9 Å². The maximum atomic E-state index is 11.5. The molecule has 1 aromatic heterocycles. The van der Waals surface area contributed by atoms with Crippen molar-refractivity contribution in [3.8, 4) is 22.4 Å². The SMILES string of the molecule is O=C(NO)c1ccc(Cn2cc(-c3ccc([N+](=O)[O-])cc3)cc2-c2ccccc2)cc1. The molecule has 31 heavy (non-hydrogen) atoms. The molecule has 0 aliphatic heterocycles. The van der Waals surface area contributed by atoms with Crippen molar-refractivity contribution in [2.45, 2.75) is 6.54 Å². The summed E-state index contributed by atoms with van der Waals surface area (Å²) < 4.78 is 2.10. The lowest BCUT2D eigenvalue weighted by molar-refractivity contribution is -0.384. The molecule has 154 valence electrons. The number of hydrogen-bond donors (Lipinski definition) is 2. The number of nitrogens with zero attached hydrogens (tertiary/aromatic N) is 2. The van der Waals surface area contributed by atoms with E-state index < -0.39 is 10.8 Å². The molecule has 0 aliphatic carbocycles. The Balaban J connectivity index is 1.70. The summed E-state index contributed by atoms with van der Waals surface area (Å²) in [6.07, 6.45) is 2.01. The second-order valence-electron chi connectivity index (χ2n) is 7.05. The molecule has 4 aromatic rings. The van der Waals surface area contributed by atoms with Crippen molar-refractivity contribution in [2.75, 3.05) is 0 Å². The molecule has 0 spiro atoms. The molecule has 0 saturated heterocycles. The van der Waals surface area contributed by atoms with Gasteiger partial charge in [-0.25, -0.2) is 5.48 Å². The summed E-state index contributed by atoms with van der Waals surface area (Å²) >= 11 is 0. The monoisotopic (exact) mass is 413 g/mol. The first kappa shape index (κ1) is 20.1. The van der Waals surface area contributed by atoms with Crippen LogP contribution in [0.3, 0.4) is 0 Å². The number of hydroxylamine groups is 1. The number of benzene rings is 3. The highest BCUT2D eigenvalue weighted by Crippen LogP contribution is 2.30. The summed E-state index contributed by atoms with van der Waals surface area (Å²) in [5, 5.41) is 19.7. The number of rotatable bonds is 6. The number of nitrogens with one attached hydrogen (secondary N) is 1. The van der Waals surface area contributed by atoms with Crippen molar-refractivity contribution in [1.82, 2.24) is 10.0 Å². The zero-order chi connectivity index (χ0) is 21.8. The molecule has 7 nitrogen and oxygen atoms in total. The van der Waals surface area contributed by atoms with Crippen LogP contribution in [0.5, 0.6) is 0 Å². The molecule has 0 fully saturated rings. The number of amides is 1. The van der Waals surface area contributed by atoms with Gasteiger partial charge in [-0.1, -0.05) is 42.5 Å². The zero-order valence-corrected chi connectivity index (χ0v) is 16.4. The summed E-state index contributed by atoms with van der Waals surface area (Å²) in [5.41, 5.74) is 6.92. The number of aromatic nitrogens is 1. The van der Waals surface area contributed by atoms with Crippen LogP contribution in [-0.4, -0.2) is 20.6 Å². The van der Waals surface area contributed by atoms with E-state index in [9.17, 15) is 14.9 Å². The molecule has 4 rings (SSSR count). The minimum Gasteiger partial charge on any atom is -0.342 e. The lowest BCUT2D eigenvalue weighted by atomic mass is 10.1. The number of non-ortho nitro benzene ring substituents is 1. The minimum atomic E-state index is -0.557. The van der Waals surface area contributed by atoms with Crippen LogP contribution in [0.15, 0.2) is 91.1 Å². The van der Waals surface area contributed by atoms with E-state index in [2.05, 4.69) is 10.6 Å². The highest BCUT2D eigenvalue weighted by atomic mass is 16.6. The largest absolute Gasteiger partial charge is 0.342 e. The molecule has 0 unspecified atom stereocenters. The first-order valence-electron chi connectivity index (χ1n) is 9.59. The van der Waals surface area contributed by atoms with Crippen molar-refractivity contribution in [1.29, 1.82) is 0 Å². The van der Waals surface area contributed by atoms with Gasteiger partial charge in [0.25, 0.3) is 11.6 Å². The third-order valence-corrected chi connectivity index (χ3v) is 5.05. The number of nitro benzene ring substituents is 1. The molecule has 3 aromatic carbocycles. The molecule has 2 N–H and O–H groups in total. The topological polar surface area (TPSA) is 97.4 Å². The van der Waals surface area contributed by atoms with Crippen molar-refractivity contribution in [3.05, 3.63) is 112 Å². The van der Waals surface area contributed by atoms with Gasteiger partial charge in [0, 0.05) is 36.1 Å². The summed E-state index contributed by atoms with van der Waals surface area (Å²) in [5.74, 6) is -0.557. The quantitative estimate of drug-likeness (QED) is 0.267. The van der Waals surface area contributed by atoms with Crippen LogP contribution in [0.25, 0.3) is 22.4 Å². The first-order chi connectivity index (χ1) is 15.0. The number of carbonyl (C=O) groups is 1. The van der Waals surface area contributed by atoms with Crippen LogP contribution >= 0.6 is 0 Å². The second-order valence-corrected chi connectivity index (χ2v) is 7.05. The standard InChI is InChI=1S/C24H19N3O4/c28-24(25-29)20-8-6-17(7-9-20)15-26-16-21(14-23(26)19-4-2-1-3-5-19)18-10-12-22(13-11-18)27(30)31/h1-14,16,29H,15H2,(H,25,28). The van der Waals surface area contributed by atoms with E-state index in [1.54, 1.807) is 29.7 Å². The smallest absolute Gasteiger partial charge is 0.274 e. The van der Waals surface area contributed by atoms with Gasteiger partial charge < -0.3 is 4.57 Å². The number of hydrogen-bond acceptors (Lipinski definition) is 4. The molecular weight excluding hydrogens is 394 g/mol. The van der Waals surface area contributed by atoms with Gasteiger partial charge >= 0.3 is 0 Å². The maximum Gasteiger partial charge on any atom is 0.274 e. The molecule has 0 atom stereocenters. The average Bonchev–Trinajstić information content (AvgIpc) is 3.23. The highest BCUT2D eigenvalue weighted by Gasteiger charge is 2.12. The Morgan fingerprint density at radius 2 is 1.58 bits per heavy atom. The maximum absolute atomic E-state index is 11.5. The molecule has 0 aliphatic rings. The zero-order valence-electron chi connectivity index (χ0n) is 16.4. The Hall–Kier alpha value is -4.23. The molecule has 7 heteroatoms. The summed E-state index contributed by atoms with van der Waals surface area (Å²) in [6, 6.07) is 25.5. The lowest BCUT2D eigenvalue weighted by Gasteiger charge is -2.10. The Labute approximate surface area is 178 Å². The first-order valence-corrected chi connectivity index (χ1v) is 9.59. The highest BCUT2D eigenvalue weighted by molar-refractivity contribution is 5.93. The third kappa shape index (κ3) is 4.36. The van der Waals surface area contributed by atoms with E-state index in [0.29, 0.717) is 12.1 Å². The van der Waals surface area contributed by atoms with Crippen LogP contribution < -0.4 is 5.48 Å². The molecule has 1 amide bonds. The second kappa shape index (κ2) is 8.64. The average molecular weight is 413 g/mol. The fraction of sp³-hybridized carbons (Fsp3) is 0.0417. The Morgan fingerprint density at radius 3 is 2.19 bits per heavy atom. The van der Waals surface area contributed by atoms with E-state index in [4.69, 9.17) is 5.21 Å². The van der Waals surface area contributed by atoms with Crippen molar-refractivity contribution < 1.29 is 14.9 Å². The van der Waals surface area contributed by atoms with E-state index >= 15 is 0 Å². The molecular formula is C24H19N3O4. The van der Waals surface area contributed by atoms with Gasteiger partial charge in [0.1, 0.15) is 0 Å². The lowest BCUT2D eigenvalue weighted by Crippen LogP contribution is -2.18. The molecule has 1 heterocycles. The van der Waals surface area contributed by atoms with Gasteiger partial charge in [0.05, 0.1) is 4.92 Å². The van der Waals surface area contributed by atoms with Gasteiger partial charge in [0.2, 0.25) is 0 Å². The van der Waals surface area contributed by atoms with E-state index in [0.717, 1.165) is 27.9 Å². The predicted molar refractivity (Wildman–Crippen MR) is 117 cm³/mol. The normalized spacial score (nSPS) is 10.6. The number of carbonyl (C=O) groups excluding carboxylic acids is 1. The van der Waals surface area contributed by atoms with Gasteiger partial charge in [-0.05, 0) is 52.6 Å². The summed E-state index contributed by atoms with van der Waals surface area (Å²) in [6.45, 7) is 0.568. The van der Waals surface area contributed by atoms with Crippen LogP contribution in [-0.2, 0) is 6.54 Å².